The molecule has 0 saturated carbocycles. The van der Waals surface area contributed by atoms with Crippen LogP contribution in [0.3, 0.4) is 0 Å². The molecule has 0 bridgehead atoms. The average Bonchev–Trinajstić information content (AvgIpc) is 2.56. The van der Waals surface area contributed by atoms with Crippen LogP contribution in [0, 0.1) is 0 Å². The molecule has 1 aromatic rings. The van der Waals surface area contributed by atoms with Gasteiger partial charge in [-0.3, -0.25) is 4.79 Å². The summed E-state index contributed by atoms with van der Waals surface area (Å²) in [6.07, 6.45) is 5.68. The minimum atomic E-state index is 0.108. The highest BCUT2D eigenvalue weighted by atomic mass is 16.5. The summed E-state index contributed by atoms with van der Waals surface area (Å²) in [6.45, 7) is 0.778. The third-order valence-electron chi connectivity index (χ3n) is 2.29. The summed E-state index contributed by atoms with van der Waals surface area (Å²) < 4.78 is 4.70. The zero-order chi connectivity index (χ0) is 9.80. The van der Waals surface area contributed by atoms with E-state index in [1.54, 1.807) is 12.5 Å². The van der Waals surface area contributed by atoms with Crippen molar-refractivity contribution in [3.63, 3.8) is 0 Å². The number of anilines is 1. The fourth-order valence-electron chi connectivity index (χ4n) is 1.61. The Labute approximate surface area is 81.8 Å². The van der Waals surface area contributed by atoms with Gasteiger partial charge in [-0.25, -0.2) is 0 Å². The Morgan fingerprint density at radius 1 is 1.64 bits per heavy atom. The first-order chi connectivity index (χ1) is 6.84. The van der Waals surface area contributed by atoms with Crippen molar-refractivity contribution in [2.45, 2.75) is 25.3 Å². The first-order valence-electron chi connectivity index (χ1n) is 4.77. The van der Waals surface area contributed by atoms with Crippen LogP contribution in [-0.4, -0.2) is 23.7 Å². The number of nitrogens with one attached hydrogen (secondary N) is 2. The van der Waals surface area contributed by atoms with Crippen molar-refractivity contribution in [3.8, 4) is 0 Å². The van der Waals surface area contributed by atoms with Crippen LogP contribution in [0.2, 0.25) is 0 Å². The second-order valence-corrected chi connectivity index (χ2v) is 3.45. The van der Waals surface area contributed by atoms with Crippen molar-refractivity contribution >= 4 is 11.6 Å². The van der Waals surface area contributed by atoms with E-state index in [9.17, 15) is 4.79 Å². The van der Waals surface area contributed by atoms with Gasteiger partial charge in [-0.15, -0.1) is 0 Å². The van der Waals surface area contributed by atoms with Gasteiger partial charge < -0.3 is 15.2 Å². The molecule has 1 aromatic heterocycles. The lowest BCUT2D eigenvalue weighted by atomic mass is 10.1. The van der Waals surface area contributed by atoms with Gasteiger partial charge in [0, 0.05) is 19.0 Å². The molecule has 2 heterocycles. The third kappa shape index (κ3) is 2.25. The number of aromatic nitrogens is 1. The highest BCUT2D eigenvalue weighted by Crippen LogP contribution is 2.13. The maximum Gasteiger partial charge on any atom is 0.222 e. The van der Waals surface area contributed by atoms with Gasteiger partial charge in [0.2, 0.25) is 5.91 Å². The van der Waals surface area contributed by atoms with E-state index in [1.165, 1.54) is 0 Å². The molecule has 2 N–H and O–H groups in total. The van der Waals surface area contributed by atoms with E-state index < -0.39 is 0 Å². The molecule has 0 aromatic carbocycles. The minimum Gasteiger partial charge on any atom is -0.378 e. The first kappa shape index (κ1) is 9.05. The molecule has 0 radical (unpaired) electrons. The predicted molar refractivity (Wildman–Crippen MR) is 50.8 cm³/mol. The molecule has 1 aliphatic rings. The third-order valence-corrected chi connectivity index (χ3v) is 2.29. The molecule has 2 rings (SSSR count). The smallest absolute Gasteiger partial charge is 0.222 e. The molecule has 1 unspecified atom stereocenters. The fourth-order valence-corrected chi connectivity index (χ4v) is 1.61. The summed E-state index contributed by atoms with van der Waals surface area (Å²) in [6, 6.07) is 0.192. The van der Waals surface area contributed by atoms with Crippen LogP contribution in [0.25, 0.3) is 0 Å². The quantitative estimate of drug-likeness (QED) is 0.731. The van der Waals surface area contributed by atoms with Gasteiger partial charge in [-0.05, 0) is 12.8 Å². The molecule has 1 saturated heterocycles. The minimum absolute atomic E-state index is 0.108. The monoisotopic (exact) mass is 195 g/mol. The summed E-state index contributed by atoms with van der Waals surface area (Å²) in [5.41, 5.74) is 0.838. The van der Waals surface area contributed by atoms with Gasteiger partial charge in [0.1, 0.15) is 6.26 Å². The predicted octanol–water partition coefficient (Wildman–Crippen LogP) is 0.755. The first-order valence-corrected chi connectivity index (χ1v) is 4.77. The standard InChI is InChI=1S/C9H13N3O2/c13-9-4-7(2-1-3-10-9)12-8-5-11-14-6-8/h5-7,12H,1-4H2,(H,10,13). The Balaban J connectivity index is 1.93. The number of carbonyl (C=O) groups excluding carboxylic acids is 1. The number of amides is 1. The van der Waals surface area contributed by atoms with Crippen LogP contribution >= 0.6 is 0 Å². The van der Waals surface area contributed by atoms with Gasteiger partial charge in [0.15, 0.2) is 0 Å². The van der Waals surface area contributed by atoms with Crippen LogP contribution in [0.5, 0.6) is 0 Å². The molecule has 5 heteroatoms. The number of nitrogens with zero attached hydrogens (tertiary/aromatic N) is 1. The lowest BCUT2D eigenvalue weighted by Gasteiger charge is -2.13. The highest BCUT2D eigenvalue weighted by Gasteiger charge is 2.17. The van der Waals surface area contributed by atoms with Crippen LogP contribution in [0.1, 0.15) is 19.3 Å². The summed E-state index contributed by atoms with van der Waals surface area (Å²) in [5, 5.41) is 9.64. The van der Waals surface area contributed by atoms with E-state index in [-0.39, 0.29) is 11.9 Å². The van der Waals surface area contributed by atoms with Gasteiger partial charge in [-0.2, -0.15) is 0 Å². The number of hydrogen-bond acceptors (Lipinski definition) is 4. The topological polar surface area (TPSA) is 67.2 Å². The molecule has 1 aliphatic heterocycles. The molecule has 0 aliphatic carbocycles. The van der Waals surface area contributed by atoms with Crippen molar-refractivity contribution in [2.24, 2.45) is 0 Å². The van der Waals surface area contributed by atoms with Crippen molar-refractivity contribution in [2.75, 3.05) is 11.9 Å². The largest absolute Gasteiger partial charge is 0.378 e. The zero-order valence-corrected chi connectivity index (χ0v) is 7.82. The number of hydrogen-bond donors (Lipinski definition) is 2. The summed E-state index contributed by atoms with van der Waals surface area (Å²) >= 11 is 0. The molecule has 0 spiro atoms. The second kappa shape index (κ2) is 4.13. The van der Waals surface area contributed by atoms with Crippen LogP contribution in [0.15, 0.2) is 17.0 Å². The molecule has 1 atom stereocenters. The molecule has 1 fully saturated rings. The summed E-state index contributed by atoms with van der Waals surface area (Å²) in [5.74, 6) is 0.108. The Hall–Kier alpha value is -1.52. The number of carbonyl (C=O) groups is 1. The van der Waals surface area contributed by atoms with E-state index >= 15 is 0 Å². The van der Waals surface area contributed by atoms with Gasteiger partial charge in [-0.1, -0.05) is 5.16 Å². The molecule has 5 nitrogen and oxygen atoms in total. The second-order valence-electron chi connectivity index (χ2n) is 3.45. The average molecular weight is 195 g/mol. The molecular weight excluding hydrogens is 182 g/mol. The molecular formula is C9H13N3O2. The maximum atomic E-state index is 11.2. The van der Waals surface area contributed by atoms with Gasteiger partial charge in [0.25, 0.3) is 0 Å². The Bertz CT molecular complexity index is 297. The van der Waals surface area contributed by atoms with E-state index in [4.69, 9.17) is 4.52 Å². The lowest BCUT2D eigenvalue weighted by molar-refractivity contribution is -0.120. The summed E-state index contributed by atoms with van der Waals surface area (Å²) in [4.78, 5) is 11.2. The van der Waals surface area contributed by atoms with Crippen molar-refractivity contribution in [1.29, 1.82) is 0 Å². The molecule has 1 amide bonds. The Kier molecular flexibility index (Phi) is 2.67. The highest BCUT2D eigenvalue weighted by molar-refractivity contribution is 5.77. The van der Waals surface area contributed by atoms with E-state index in [1.807, 2.05) is 0 Å². The van der Waals surface area contributed by atoms with E-state index in [0.717, 1.165) is 25.1 Å². The zero-order valence-electron chi connectivity index (χ0n) is 7.82. The van der Waals surface area contributed by atoms with Crippen molar-refractivity contribution in [3.05, 3.63) is 12.5 Å². The van der Waals surface area contributed by atoms with Crippen LogP contribution in [0.4, 0.5) is 5.69 Å². The normalized spacial score (nSPS) is 22.6. The van der Waals surface area contributed by atoms with Gasteiger partial charge >= 0.3 is 0 Å². The molecule has 14 heavy (non-hydrogen) atoms. The SMILES string of the molecule is O=C1CC(Nc2cnoc2)CCCN1. The van der Waals surface area contributed by atoms with E-state index in [2.05, 4.69) is 15.8 Å². The van der Waals surface area contributed by atoms with E-state index in [0.29, 0.717) is 6.42 Å². The fraction of sp³-hybridized carbons (Fsp3) is 0.556. The van der Waals surface area contributed by atoms with Crippen LogP contribution < -0.4 is 10.6 Å². The van der Waals surface area contributed by atoms with Gasteiger partial charge in [0.05, 0.1) is 11.9 Å². The number of rotatable bonds is 2. The van der Waals surface area contributed by atoms with Crippen molar-refractivity contribution in [1.82, 2.24) is 10.5 Å². The maximum absolute atomic E-state index is 11.2. The molecule has 76 valence electrons. The van der Waals surface area contributed by atoms with Crippen LogP contribution in [-0.2, 0) is 4.79 Å². The Morgan fingerprint density at radius 3 is 3.36 bits per heavy atom. The lowest BCUT2D eigenvalue weighted by Crippen LogP contribution is -2.26. The van der Waals surface area contributed by atoms with Crippen molar-refractivity contribution < 1.29 is 9.32 Å². The summed E-state index contributed by atoms with van der Waals surface area (Å²) in [7, 11) is 0. The Morgan fingerprint density at radius 2 is 2.57 bits per heavy atom.